The largest absolute Gasteiger partial charge is 0.451 e. The first-order valence-electron chi connectivity index (χ1n) is 8.87. The summed E-state index contributed by atoms with van der Waals surface area (Å²) in [5.41, 5.74) is 1.78. The van der Waals surface area contributed by atoms with Gasteiger partial charge in [-0.3, -0.25) is 4.79 Å². The Labute approximate surface area is 156 Å². The molecule has 0 aliphatic rings. The van der Waals surface area contributed by atoms with Gasteiger partial charge in [-0.25, -0.2) is 4.79 Å². The predicted molar refractivity (Wildman–Crippen MR) is 102 cm³/mol. The fraction of sp³-hybridized carbons (Fsp3) is 0.476. The van der Waals surface area contributed by atoms with Gasteiger partial charge in [0.25, 0.3) is 5.91 Å². The minimum Gasteiger partial charge on any atom is -0.451 e. The molecule has 0 saturated heterocycles. The number of ether oxygens (including phenoxy) is 1. The van der Waals surface area contributed by atoms with E-state index in [1.54, 1.807) is 4.90 Å². The number of hydrogen-bond donors (Lipinski definition) is 0. The summed E-state index contributed by atoms with van der Waals surface area (Å²) in [6.07, 6.45) is 1.47. The topological polar surface area (TPSA) is 70.4 Å². The maximum atomic E-state index is 12.2. The van der Waals surface area contributed by atoms with Crippen molar-refractivity contribution in [3.05, 3.63) is 41.0 Å². The zero-order valence-electron chi connectivity index (χ0n) is 16.4. The Kier molecular flexibility index (Phi) is 8.05. The smallest absolute Gasteiger partial charge is 0.349 e. The molecule has 0 spiro atoms. The van der Waals surface area contributed by atoms with Crippen LogP contribution in [0.5, 0.6) is 0 Å². The molecule has 1 aromatic rings. The van der Waals surface area contributed by atoms with Gasteiger partial charge in [0.15, 0.2) is 6.61 Å². The Hall–Kier alpha value is -2.61. The maximum Gasteiger partial charge on any atom is 0.349 e. The van der Waals surface area contributed by atoms with Crippen molar-refractivity contribution in [3.8, 4) is 6.07 Å². The Bertz CT molecular complexity index is 687. The monoisotopic (exact) mass is 356 g/mol. The molecular formula is C21H28N2O3. The van der Waals surface area contributed by atoms with Crippen molar-refractivity contribution in [2.45, 2.75) is 59.5 Å². The van der Waals surface area contributed by atoms with Gasteiger partial charge in [0.05, 0.1) is 0 Å². The lowest BCUT2D eigenvalue weighted by molar-refractivity contribution is -0.150. The van der Waals surface area contributed by atoms with E-state index < -0.39 is 5.97 Å². The van der Waals surface area contributed by atoms with Crippen LogP contribution in [0.2, 0.25) is 0 Å². The van der Waals surface area contributed by atoms with Crippen LogP contribution < -0.4 is 0 Å². The van der Waals surface area contributed by atoms with E-state index in [-0.39, 0.29) is 30.2 Å². The van der Waals surface area contributed by atoms with Crippen LogP contribution in [0, 0.1) is 11.3 Å². The van der Waals surface area contributed by atoms with Gasteiger partial charge in [-0.1, -0.05) is 38.1 Å². The number of amides is 1. The summed E-state index contributed by atoms with van der Waals surface area (Å²) in [5, 5.41) is 9.24. The van der Waals surface area contributed by atoms with Crippen LogP contribution in [0.15, 0.2) is 29.8 Å². The molecule has 26 heavy (non-hydrogen) atoms. The summed E-state index contributed by atoms with van der Waals surface area (Å²) < 4.78 is 5.05. The molecule has 0 heterocycles. The minimum absolute atomic E-state index is 0.00616. The van der Waals surface area contributed by atoms with Crippen LogP contribution in [-0.4, -0.2) is 35.5 Å². The van der Waals surface area contributed by atoms with E-state index in [2.05, 4.69) is 13.8 Å². The number of carbonyl (C=O) groups excluding carboxylic acids is 2. The van der Waals surface area contributed by atoms with Crippen LogP contribution >= 0.6 is 0 Å². The lowest BCUT2D eigenvalue weighted by Crippen LogP contribution is -2.44. The van der Waals surface area contributed by atoms with Gasteiger partial charge in [0, 0.05) is 12.1 Å². The maximum absolute atomic E-state index is 12.2. The molecule has 0 fully saturated rings. The third-order valence-electron chi connectivity index (χ3n) is 3.98. The summed E-state index contributed by atoms with van der Waals surface area (Å²) in [4.78, 5) is 26.0. The fourth-order valence-electron chi connectivity index (χ4n) is 2.73. The Balaban J connectivity index is 2.80. The molecule has 5 heteroatoms. The molecule has 0 unspecified atom stereocenters. The number of rotatable bonds is 7. The molecule has 140 valence electrons. The molecule has 0 aliphatic carbocycles. The molecule has 1 rings (SSSR count). The highest BCUT2D eigenvalue weighted by molar-refractivity contribution is 5.98. The van der Waals surface area contributed by atoms with Crippen molar-refractivity contribution in [1.82, 2.24) is 4.90 Å². The van der Waals surface area contributed by atoms with Gasteiger partial charge >= 0.3 is 5.97 Å². The summed E-state index contributed by atoms with van der Waals surface area (Å²) >= 11 is 0. The quantitative estimate of drug-likeness (QED) is 0.422. The zero-order valence-corrected chi connectivity index (χ0v) is 16.4. The SMILES string of the molecule is CC(C)c1ccc(/C=C(\C#N)C(=O)OCC(=O)N(C(C)C)C(C)C)cc1. The Morgan fingerprint density at radius 1 is 1.08 bits per heavy atom. The van der Waals surface area contributed by atoms with E-state index >= 15 is 0 Å². The van der Waals surface area contributed by atoms with Crippen LogP contribution in [0.4, 0.5) is 0 Å². The van der Waals surface area contributed by atoms with Crippen molar-refractivity contribution < 1.29 is 14.3 Å². The average Bonchev–Trinajstić information content (AvgIpc) is 2.57. The van der Waals surface area contributed by atoms with E-state index in [4.69, 9.17) is 4.74 Å². The highest BCUT2D eigenvalue weighted by atomic mass is 16.5. The molecule has 0 saturated carbocycles. The normalized spacial score (nSPS) is 11.6. The van der Waals surface area contributed by atoms with Crippen molar-refractivity contribution in [3.63, 3.8) is 0 Å². The highest BCUT2D eigenvalue weighted by Gasteiger charge is 2.22. The Morgan fingerprint density at radius 3 is 2.04 bits per heavy atom. The molecular weight excluding hydrogens is 328 g/mol. The first-order valence-corrected chi connectivity index (χ1v) is 8.87. The number of benzene rings is 1. The lowest BCUT2D eigenvalue weighted by atomic mass is 10.0. The molecule has 5 nitrogen and oxygen atoms in total. The third kappa shape index (κ3) is 6.03. The van der Waals surface area contributed by atoms with E-state index in [1.807, 2.05) is 58.0 Å². The minimum atomic E-state index is -0.791. The van der Waals surface area contributed by atoms with Crippen LogP contribution in [-0.2, 0) is 14.3 Å². The predicted octanol–water partition coefficient (Wildman–Crippen LogP) is 3.91. The first kappa shape index (κ1) is 21.4. The van der Waals surface area contributed by atoms with Gasteiger partial charge in [-0.05, 0) is 50.8 Å². The van der Waals surface area contributed by atoms with Gasteiger partial charge in [-0.15, -0.1) is 0 Å². The molecule has 0 aromatic heterocycles. The number of carbonyl (C=O) groups is 2. The Morgan fingerprint density at radius 2 is 1.62 bits per heavy atom. The van der Waals surface area contributed by atoms with Crippen LogP contribution in [0.25, 0.3) is 6.08 Å². The number of nitrogens with zero attached hydrogens (tertiary/aromatic N) is 2. The standard InChI is InChI=1S/C21H28N2O3/c1-14(2)18-9-7-17(8-10-18)11-19(12-22)21(25)26-13-20(24)23(15(3)4)16(5)6/h7-11,14-16H,13H2,1-6H3/b19-11+. The molecule has 0 N–H and O–H groups in total. The second kappa shape index (κ2) is 9.76. The molecule has 0 atom stereocenters. The van der Waals surface area contributed by atoms with Crippen molar-refractivity contribution in [2.75, 3.05) is 6.61 Å². The lowest BCUT2D eigenvalue weighted by Gasteiger charge is -2.30. The fourth-order valence-corrected chi connectivity index (χ4v) is 2.73. The van der Waals surface area contributed by atoms with Crippen LogP contribution in [0.1, 0.15) is 58.6 Å². The van der Waals surface area contributed by atoms with Gasteiger partial charge < -0.3 is 9.64 Å². The van der Waals surface area contributed by atoms with Gasteiger partial charge in [0.1, 0.15) is 11.6 Å². The van der Waals surface area contributed by atoms with E-state index in [0.717, 1.165) is 5.56 Å². The first-order chi connectivity index (χ1) is 12.2. The summed E-state index contributed by atoms with van der Waals surface area (Å²) in [5.74, 6) is -0.660. The number of hydrogen-bond acceptors (Lipinski definition) is 4. The number of esters is 1. The second-order valence-corrected chi connectivity index (χ2v) is 7.06. The molecule has 1 amide bonds. The summed E-state index contributed by atoms with van der Waals surface area (Å²) in [7, 11) is 0. The van der Waals surface area contributed by atoms with E-state index in [1.165, 1.54) is 11.6 Å². The molecule has 0 bridgehead atoms. The zero-order chi connectivity index (χ0) is 19.9. The van der Waals surface area contributed by atoms with Crippen LogP contribution in [0.3, 0.4) is 0 Å². The van der Waals surface area contributed by atoms with E-state index in [0.29, 0.717) is 5.92 Å². The van der Waals surface area contributed by atoms with Crippen molar-refractivity contribution in [2.24, 2.45) is 0 Å². The van der Waals surface area contributed by atoms with Gasteiger partial charge in [-0.2, -0.15) is 5.26 Å². The van der Waals surface area contributed by atoms with E-state index in [9.17, 15) is 14.9 Å². The second-order valence-electron chi connectivity index (χ2n) is 7.06. The summed E-state index contributed by atoms with van der Waals surface area (Å²) in [6, 6.07) is 9.49. The molecule has 0 aliphatic heterocycles. The highest BCUT2D eigenvalue weighted by Crippen LogP contribution is 2.16. The summed E-state index contributed by atoms with van der Waals surface area (Å²) in [6.45, 7) is 11.4. The molecule has 1 aromatic carbocycles. The molecule has 0 radical (unpaired) electrons. The van der Waals surface area contributed by atoms with Crippen molar-refractivity contribution >= 4 is 18.0 Å². The average molecular weight is 356 g/mol. The van der Waals surface area contributed by atoms with Crippen molar-refractivity contribution in [1.29, 1.82) is 5.26 Å². The third-order valence-corrected chi connectivity index (χ3v) is 3.98. The number of nitriles is 1. The van der Waals surface area contributed by atoms with Gasteiger partial charge in [0.2, 0.25) is 0 Å².